The van der Waals surface area contributed by atoms with E-state index in [1.54, 1.807) is 28.3 Å². The van der Waals surface area contributed by atoms with Gasteiger partial charge in [-0.05, 0) is 48.9 Å². The lowest BCUT2D eigenvalue weighted by Crippen LogP contribution is -2.27. The third-order valence-corrected chi connectivity index (χ3v) is 6.34. The van der Waals surface area contributed by atoms with Crippen LogP contribution in [0.3, 0.4) is 0 Å². The first-order valence-corrected chi connectivity index (χ1v) is 10.3. The lowest BCUT2D eigenvalue weighted by atomic mass is 9.97. The summed E-state index contributed by atoms with van der Waals surface area (Å²) in [6.07, 6.45) is 6.11. The highest BCUT2D eigenvalue weighted by atomic mass is 35.5. The molecule has 1 aliphatic carbocycles. The minimum Gasteiger partial charge on any atom is -0.352 e. The second-order valence-corrected chi connectivity index (χ2v) is 8.31. The first-order chi connectivity index (χ1) is 13.1. The second kappa shape index (κ2) is 7.82. The molecule has 1 aliphatic rings. The van der Waals surface area contributed by atoms with Gasteiger partial charge in [0.25, 0.3) is 5.56 Å². The Balaban J connectivity index is 1.43. The molecule has 0 fully saturated rings. The Hall–Kier alpha value is -2.18. The van der Waals surface area contributed by atoms with Crippen LogP contribution in [0.5, 0.6) is 0 Å². The van der Waals surface area contributed by atoms with E-state index in [4.69, 9.17) is 11.6 Å². The van der Waals surface area contributed by atoms with Crippen molar-refractivity contribution in [2.75, 3.05) is 0 Å². The van der Waals surface area contributed by atoms with Crippen LogP contribution in [0.25, 0.3) is 10.2 Å². The van der Waals surface area contributed by atoms with Crippen molar-refractivity contribution < 1.29 is 4.79 Å². The SMILES string of the molecule is O=C(CCn1cnc2sc3c(c2c1=O)CCCC3)NCc1cccc(Cl)c1. The second-order valence-electron chi connectivity index (χ2n) is 6.79. The summed E-state index contributed by atoms with van der Waals surface area (Å²) in [5.74, 6) is -0.102. The van der Waals surface area contributed by atoms with E-state index in [0.717, 1.165) is 35.0 Å². The average molecular weight is 402 g/mol. The molecule has 2 aromatic heterocycles. The summed E-state index contributed by atoms with van der Waals surface area (Å²) in [6.45, 7) is 0.747. The van der Waals surface area contributed by atoms with Crippen LogP contribution >= 0.6 is 22.9 Å². The highest BCUT2D eigenvalue weighted by Gasteiger charge is 2.20. The summed E-state index contributed by atoms with van der Waals surface area (Å²) >= 11 is 7.59. The molecule has 2 heterocycles. The summed E-state index contributed by atoms with van der Waals surface area (Å²) < 4.78 is 1.56. The predicted octanol–water partition coefficient (Wildman–Crippen LogP) is 3.70. The molecule has 0 atom stereocenters. The standard InChI is InChI=1S/C20H20ClN3O2S/c21-14-5-3-4-13(10-14)11-22-17(25)8-9-24-12-23-19-18(20(24)26)15-6-1-2-7-16(15)27-19/h3-5,10,12H,1-2,6-9,11H2,(H,22,25). The molecule has 0 saturated heterocycles. The summed E-state index contributed by atoms with van der Waals surface area (Å²) in [7, 11) is 0. The predicted molar refractivity (Wildman–Crippen MR) is 108 cm³/mol. The number of nitrogens with one attached hydrogen (secondary N) is 1. The normalized spacial score (nSPS) is 13.5. The van der Waals surface area contributed by atoms with Gasteiger partial charge >= 0.3 is 0 Å². The number of nitrogens with zero attached hydrogens (tertiary/aromatic N) is 2. The minimum absolute atomic E-state index is 0.0259. The highest BCUT2D eigenvalue weighted by molar-refractivity contribution is 7.18. The molecule has 1 amide bonds. The van der Waals surface area contributed by atoms with Crippen molar-refractivity contribution in [2.45, 2.75) is 45.2 Å². The first kappa shape index (κ1) is 18.2. The monoisotopic (exact) mass is 401 g/mol. The molecular formula is C20H20ClN3O2S. The number of aryl methyl sites for hydroxylation is 3. The number of hydrogen-bond donors (Lipinski definition) is 1. The van der Waals surface area contributed by atoms with Gasteiger partial charge in [-0.1, -0.05) is 23.7 Å². The van der Waals surface area contributed by atoms with E-state index in [0.29, 0.717) is 18.1 Å². The molecule has 1 N–H and O–H groups in total. The Morgan fingerprint density at radius 1 is 1.30 bits per heavy atom. The number of carbonyl (C=O) groups is 1. The number of fused-ring (bicyclic) bond motifs is 3. The number of halogens is 1. The van der Waals surface area contributed by atoms with Crippen molar-refractivity contribution >= 4 is 39.1 Å². The van der Waals surface area contributed by atoms with Gasteiger partial charge in [0.05, 0.1) is 11.7 Å². The van der Waals surface area contributed by atoms with Gasteiger partial charge in [-0.3, -0.25) is 14.2 Å². The quantitative estimate of drug-likeness (QED) is 0.709. The Morgan fingerprint density at radius 3 is 3.00 bits per heavy atom. The lowest BCUT2D eigenvalue weighted by Gasteiger charge is -2.10. The Labute approximate surface area is 166 Å². The van der Waals surface area contributed by atoms with Gasteiger partial charge in [0.1, 0.15) is 4.83 Å². The molecule has 0 radical (unpaired) electrons. The molecule has 0 saturated carbocycles. The number of thiophene rings is 1. The number of rotatable bonds is 5. The maximum Gasteiger partial charge on any atom is 0.262 e. The fourth-order valence-corrected chi connectivity index (χ4v) is 4.93. The van der Waals surface area contributed by atoms with Gasteiger partial charge in [0.2, 0.25) is 5.91 Å². The highest BCUT2D eigenvalue weighted by Crippen LogP contribution is 2.33. The maximum absolute atomic E-state index is 12.9. The minimum atomic E-state index is -0.102. The zero-order valence-electron chi connectivity index (χ0n) is 14.8. The molecular weight excluding hydrogens is 382 g/mol. The smallest absolute Gasteiger partial charge is 0.262 e. The number of hydrogen-bond acceptors (Lipinski definition) is 4. The van der Waals surface area contributed by atoms with Crippen molar-refractivity contribution in [1.82, 2.24) is 14.9 Å². The molecule has 7 heteroatoms. The van der Waals surface area contributed by atoms with Gasteiger partial charge in [-0.15, -0.1) is 11.3 Å². The molecule has 0 spiro atoms. The van der Waals surface area contributed by atoms with E-state index in [-0.39, 0.29) is 17.9 Å². The molecule has 0 aliphatic heterocycles. The van der Waals surface area contributed by atoms with Crippen molar-refractivity contribution in [3.63, 3.8) is 0 Å². The fraction of sp³-hybridized carbons (Fsp3) is 0.350. The summed E-state index contributed by atoms with van der Waals surface area (Å²) in [6, 6.07) is 7.38. The zero-order valence-corrected chi connectivity index (χ0v) is 16.4. The number of aromatic nitrogens is 2. The van der Waals surface area contributed by atoms with Crippen LogP contribution < -0.4 is 10.9 Å². The van der Waals surface area contributed by atoms with Crippen LogP contribution in [0.1, 0.15) is 35.3 Å². The van der Waals surface area contributed by atoms with Crippen LogP contribution in [0, 0.1) is 0 Å². The van der Waals surface area contributed by atoms with Crippen LogP contribution in [0.4, 0.5) is 0 Å². The van der Waals surface area contributed by atoms with E-state index >= 15 is 0 Å². The Kier molecular flexibility index (Phi) is 5.27. The Morgan fingerprint density at radius 2 is 2.15 bits per heavy atom. The topological polar surface area (TPSA) is 64.0 Å². The van der Waals surface area contributed by atoms with E-state index in [9.17, 15) is 9.59 Å². The molecule has 0 unspecified atom stereocenters. The van der Waals surface area contributed by atoms with E-state index in [1.165, 1.54) is 16.9 Å². The number of amides is 1. The van der Waals surface area contributed by atoms with Crippen LogP contribution in [0.2, 0.25) is 5.02 Å². The third kappa shape index (κ3) is 3.92. The largest absolute Gasteiger partial charge is 0.352 e. The van der Waals surface area contributed by atoms with Crippen LogP contribution in [-0.2, 0) is 30.7 Å². The first-order valence-electron chi connectivity index (χ1n) is 9.12. The van der Waals surface area contributed by atoms with Gasteiger partial charge in [-0.25, -0.2) is 4.98 Å². The van der Waals surface area contributed by atoms with E-state index in [1.807, 2.05) is 18.2 Å². The summed E-state index contributed by atoms with van der Waals surface area (Å²) in [4.78, 5) is 31.6. The van der Waals surface area contributed by atoms with Crippen molar-refractivity contribution in [3.8, 4) is 0 Å². The number of benzene rings is 1. The fourth-order valence-electron chi connectivity index (χ4n) is 3.50. The van der Waals surface area contributed by atoms with Crippen molar-refractivity contribution in [1.29, 1.82) is 0 Å². The molecule has 1 aromatic carbocycles. The van der Waals surface area contributed by atoms with Crippen molar-refractivity contribution in [2.24, 2.45) is 0 Å². The summed E-state index contributed by atoms with van der Waals surface area (Å²) in [5.41, 5.74) is 2.10. The lowest BCUT2D eigenvalue weighted by molar-refractivity contribution is -0.121. The van der Waals surface area contributed by atoms with Gasteiger partial charge in [-0.2, -0.15) is 0 Å². The molecule has 5 nitrogen and oxygen atoms in total. The van der Waals surface area contributed by atoms with E-state index in [2.05, 4.69) is 10.3 Å². The zero-order chi connectivity index (χ0) is 18.8. The van der Waals surface area contributed by atoms with Crippen LogP contribution in [0.15, 0.2) is 35.4 Å². The maximum atomic E-state index is 12.9. The molecule has 0 bridgehead atoms. The molecule has 3 aromatic rings. The average Bonchev–Trinajstić information content (AvgIpc) is 3.05. The summed E-state index contributed by atoms with van der Waals surface area (Å²) in [5, 5.41) is 4.27. The van der Waals surface area contributed by atoms with Crippen molar-refractivity contribution in [3.05, 3.63) is 62.0 Å². The van der Waals surface area contributed by atoms with E-state index < -0.39 is 0 Å². The molecule has 4 rings (SSSR count). The van der Waals surface area contributed by atoms with Gasteiger partial charge in [0.15, 0.2) is 0 Å². The van der Waals surface area contributed by atoms with Gasteiger partial charge < -0.3 is 5.32 Å². The third-order valence-electron chi connectivity index (χ3n) is 4.90. The van der Waals surface area contributed by atoms with Crippen LogP contribution in [-0.4, -0.2) is 15.5 Å². The Bertz CT molecular complexity index is 1060. The molecule has 140 valence electrons. The van der Waals surface area contributed by atoms with Gasteiger partial charge in [0, 0.05) is 29.4 Å². The number of carbonyl (C=O) groups excluding carboxylic acids is 1. The molecule has 27 heavy (non-hydrogen) atoms.